The second-order valence-corrected chi connectivity index (χ2v) is 9.12. The van der Waals surface area contributed by atoms with Gasteiger partial charge in [-0.2, -0.15) is 5.10 Å². The Bertz CT molecular complexity index is 657. The van der Waals surface area contributed by atoms with Gasteiger partial charge in [-0.1, -0.05) is 0 Å². The first-order chi connectivity index (χ1) is 10.4. The molecule has 2 rings (SSSR count). The summed E-state index contributed by atoms with van der Waals surface area (Å²) in [6, 6.07) is 1.90. The molecule has 1 atom stereocenters. The molecule has 0 aliphatic carbocycles. The maximum absolute atomic E-state index is 12.1. The predicted molar refractivity (Wildman–Crippen MR) is 91.5 cm³/mol. The summed E-state index contributed by atoms with van der Waals surface area (Å²) < 4.78 is 26.1. The van der Waals surface area contributed by atoms with Crippen LogP contribution in [0.3, 0.4) is 0 Å². The van der Waals surface area contributed by atoms with E-state index < -0.39 is 10.0 Å². The highest BCUT2D eigenvalue weighted by molar-refractivity contribution is 9.10. The Morgan fingerprint density at radius 3 is 3.05 bits per heavy atom. The first-order valence-electron chi connectivity index (χ1n) is 6.97. The number of amides is 1. The first-order valence-corrected chi connectivity index (χ1v) is 10.3. The van der Waals surface area contributed by atoms with Gasteiger partial charge in [-0.15, -0.1) is 11.3 Å². The predicted octanol–water partition coefficient (Wildman–Crippen LogP) is 2.02. The fourth-order valence-electron chi connectivity index (χ4n) is 2.24. The largest absolute Gasteiger partial charge is 0.273 e. The molecule has 0 saturated carbocycles. The summed E-state index contributed by atoms with van der Waals surface area (Å²) in [7, 11) is -3.24. The number of hydrazone groups is 1. The second kappa shape index (κ2) is 7.67. The van der Waals surface area contributed by atoms with Crippen molar-refractivity contribution in [2.45, 2.75) is 19.8 Å². The summed E-state index contributed by atoms with van der Waals surface area (Å²) in [5.74, 6) is -0.516. The third-order valence-electron chi connectivity index (χ3n) is 3.47. The van der Waals surface area contributed by atoms with Crippen molar-refractivity contribution in [1.29, 1.82) is 0 Å². The van der Waals surface area contributed by atoms with Crippen molar-refractivity contribution in [2.75, 3.05) is 18.8 Å². The maximum Gasteiger partial charge on any atom is 0.244 e. The van der Waals surface area contributed by atoms with E-state index >= 15 is 0 Å². The number of thiophene rings is 1. The van der Waals surface area contributed by atoms with Crippen molar-refractivity contribution in [2.24, 2.45) is 11.0 Å². The topological polar surface area (TPSA) is 78.8 Å². The Balaban J connectivity index is 1.91. The maximum atomic E-state index is 12.1. The molecule has 122 valence electrons. The van der Waals surface area contributed by atoms with Gasteiger partial charge < -0.3 is 0 Å². The Hall–Kier alpha value is -0.770. The zero-order chi connectivity index (χ0) is 16.2. The van der Waals surface area contributed by atoms with Gasteiger partial charge in [0.05, 0.1) is 17.9 Å². The molecule has 1 saturated heterocycles. The highest BCUT2D eigenvalue weighted by Crippen LogP contribution is 2.20. The van der Waals surface area contributed by atoms with Gasteiger partial charge in [0.15, 0.2) is 0 Å². The van der Waals surface area contributed by atoms with E-state index in [1.54, 1.807) is 13.1 Å². The summed E-state index contributed by atoms with van der Waals surface area (Å²) in [5, 5.41) is 5.86. The molecule has 0 bridgehead atoms. The molecule has 1 N–H and O–H groups in total. The molecule has 9 heteroatoms. The van der Waals surface area contributed by atoms with Crippen LogP contribution in [0.15, 0.2) is 21.0 Å². The summed E-state index contributed by atoms with van der Waals surface area (Å²) in [6.45, 7) is 2.34. The van der Waals surface area contributed by atoms with E-state index in [4.69, 9.17) is 0 Å². The molecular formula is C13H18BrN3O3S2. The lowest BCUT2D eigenvalue weighted by Gasteiger charge is -2.30. The number of nitrogens with zero attached hydrogens (tertiary/aromatic N) is 2. The van der Waals surface area contributed by atoms with Crippen LogP contribution in [-0.4, -0.2) is 43.7 Å². The lowest BCUT2D eigenvalue weighted by atomic mass is 9.99. The van der Waals surface area contributed by atoms with Crippen LogP contribution in [0.2, 0.25) is 0 Å². The molecular weight excluding hydrogens is 390 g/mol. The number of hydrogen-bond donors (Lipinski definition) is 1. The van der Waals surface area contributed by atoms with Crippen molar-refractivity contribution >= 4 is 49.4 Å². The summed E-state index contributed by atoms with van der Waals surface area (Å²) in [5.41, 5.74) is 2.50. The molecule has 1 amide bonds. The van der Waals surface area contributed by atoms with E-state index in [-0.39, 0.29) is 24.1 Å². The molecule has 0 spiro atoms. The summed E-state index contributed by atoms with van der Waals surface area (Å²) in [6.07, 6.45) is 2.96. The summed E-state index contributed by atoms with van der Waals surface area (Å²) in [4.78, 5) is 13.0. The van der Waals surface area contributed by atoms with Crippen molar-refractivity contribution in [3.8, 4) is 0 Å². The quantitative estimate of drug-likeness (QED) is 0.598. The highest BCUT2D eigenvalue weighted by atomic mass is 79.9. The SMILES string of the molecule is CCS(=O)(=O)N1CCC[C@@H](C(=O)N/N=C\c2cc(Br)cs2)C1. The van der Waals surface area contributed by atoms with Crippen LogP contribution in [0, 0.1) is 5.92 Å². The summed E-state index contributed by atoms with van der Waals surface area (Å²) >= 11 is 4.85. The Labute approximate surface area is 142 Å². The molecule has 22 heavy (non-hydrogen) atoms. The zero-order valence-electron chi connectivity index (χ0n) is 12.2. The van der Waals surface area contributed by atoms with E-state index in [9.17, 15) is 13.2 Å². The number of halogens is 1. The van der Waals surface area contributed by atoms with E-state index in [1.165, 1.54) is 15.6 Å². The van der Waals surface area contributed by atoms with Gasteiger partial charge in [0, 0.05) is 27.8 Å². The molecule has 1 aliphatic rings. The monoisotopic (exact) mass is 407 g/mol. The average Bonchev–Trinajstić information content (AvgIpc) is 2.92. The van der Waals surface area contributed by atoms with Gasteiger partial charge in [-0.25, -0.2) is 18.1 Å². The second-order valence-electron chi connectivity index (χ2n) is 5.00. The van der Waals surface area contributed by atoms with Gasteiger partial charge in [0.2, 0.25) is 15.9 Å². The van der Waals surface area contributed by atoms with Crippen molar-refractivity contribution in [3.05, 3.63) is 20.8 Å². The van der Waals surface area contributed by atoms with E-state index in [2.05, 4.69) is 26.5 Å². The van der Waals surface area contributed by atoms with Gasteiger partial charge in [0.25, 0.3) is 0 Å². The normalized spacial score (nSPS) is 20.4. The van der Waals surface area contributed by atoms with Crippen LogP contribution < -0.4 is 5.43 Å². The Morgan fingerprint density at radius 2 is 2.41 bits per heavy atom. The zero-order valence-corrected chi connectivity index (χ0v) is 15.4. The van der Waals surface area contributed by atoms with Gasteiger partial charge >= 0.3 is 0 Å². The van der Waals surface area contributed by atoms with Crippen LogP contribution in [0.4, 0.5) is 0 Å². The Kier molecular flexibility index (Phi) is 6.13. The number of rotatable bonds is 5. The first kappa shape index (κ1) is 17.6. The van der Waals surface area contributed by atoms with Crippen LogP contribution in [0.1, 0.15) is 24.6 Å². The third-order valence-corrected chi connectivity index (χ3v) is 6.94. The number of nitrogens with one attached hydrogen (secondary N) is 1. The minimum absolute atomic E-state index is 0.0622. The smallest absolute Gasteiger partial charge is 0.244 e. The fourth-order valence-corrected chi connectivity index (χ4v) is 4.72. The number of carbonyl (C=O) groups excluding carboxylic acids is 1. The van der Waals surface area contributed by atoms with E-state index in [0.717, 1.165) is 9.35 Å². The third kappa shape index (κ3) is 4.61. The minimum Gasteiger partial charge on any atom is -0.273 e. The van der Waals surface area contributed by atoms with Crippen molar-refractivity contribution in [3.63, 3.8) is 0 Å². The average molecular weight is 408 g/mol. The molecule has 0 radical (unpaired) electrons. The van der Waals surface area contributed by atoms with E-state index in [1.807, 2.05) is 11.4 Å². The van der Waals surface area contributed by atoms with Gasteiger partial charge in [-0.3, -0.25) is 4.79 Å². The number of piperidine rings is 1. The molecule has 0 unspecified atom stereocenters. The van der Waals surface area contributed by atoms with Crippen LogP contribution in [-0.2, 0) is 14.8 Å². The van der Waals surface area contributed by atoms with Gasteiger partial charge in [-0.05, 0) is 41.8 Å². The lowest BCUT2D eigenvalue weighted by molar-refractivity contribution is -0.126. The van der Waals surface area contributed by atoms with Gasteiger partial charge in [0.1, 0.15) is 0 Å². The Morgan fingerprint density at radius 1 is 1.64 bits per heavy atom. The van der Waals surface area contributed by atoms with Crippen LogP contribution in [0.25, 0.3) is 0 Å². The number of hydrogen-bond acceptors (Lipinski definition) is 5. The highest BCUT2D eigenvalue weighted by Gasteiger charge is 2.31. The van der Waals surface area contributed by atoms with Crippen molar-refractivity contribution in [1.82, 2.24) is 9.73 Å². The van der Waals surface area contributed by atoms with Crippen molar-refractivity contribution < 1.29 is 13.2 Å². The minimum atomic E-state index is -3.24. The van der Waals surface area contributed by atoms with Crippen LogP contribution in [0.5, 0.6) is 0 Å². The van der Waals surface area contributed by atoms with E-state index in [0.29, 0.717) is 19.4 Å². The molecule has 1 aliphatic heterocycles. The molecule has 0 aromatic carbocycles. The molecule has 2 heterocycles. The van der Waals surface area contributed by atoms with Crippen LogP contribution >= 0.6 is 27.3 Å². The molecule has 1 aromatic heterocycles. The number of sulfonamides is 1. The molecule has 1 fully saturated rings. The standard InChI is InChI=1S/C13H18BrN3O3S2/c1-2-22(19,20)17-5-3-4-10(8-17)13(18)16-15-7-12-6-11(14)9-21-12/h6-7,9-10H,2-5,8H2,1H3,(H,16,18)/b15-7-/t10-/m1/s1. The molecule has 6 nitrogen and oxygen atoms in total. The number of carbonyl (C=O) groups is 1. The molecule has 1 aromatic rings. The lowest BCUT2D eigenvalue weighted by Crippen LogP contribution is -2.45. The fraction of sp³-hybridized carbons (Fsp3) is 0.538.